The van der Waals surface area contributed by atoms with E-state index in [1.54, 1.807) is 0 Å². The van der Waals surface area contributed by atoms with Gasteiger partial charge in [-0.1, -0.05) is 5.11 Å². The Morgan fingerprint density at radius 3 is 2.50 bits per heavy atom. The largest absolute Gasteiger partial charge is 0.490 e. The molecule has 1 aliphatic rings. The molecular weight excluding hydrogens is 543 g/mol. The highest BCUT2D eigenvalue weighted by atomic mass is 31.3. The molecule has 1 aliphatic heterocycles. The molecule has 5 atom stereocenters. The molecule has 19 nitrogen and oxygen atoms in total. The summed E-state index contributed by atoms with van der Waals surface area (Å²) in [4.78, 5) is 53.1. The van der Waals surface area contributed by atoms with Crippen LogP contribution in [0, 0.1) is 5.82 Å². The van der Waals surface area contributed by atoms with Gasteiger partial charge in [0.25, 0.3) is 0 Å². The number of aliphatic hydroxyl groups is 1. The van der Waals surface area contributed by atoms with E-state index < -0.39 is 78.0 Å². The maximum Gasteiger partial charge on any atom is 0.490 e. The summed E-state index contributed by atoms with van der Waals surface area (Å²) in [5.74, 6) is -5.60. The number of azide groups is 1. The number of halogens is 2. The SMILES string of the molecule is [N-]=[N+]=NC[C@]1(COP(=O)(O)OP(=O)(O)OP(=O)(O)O)OC[C@](F)(n2cc(F)c(N)nc2=O)[C@@H]1O. The van der Waals surface area contributed by atoms with E-state index >= 15 is 4.39 Å². The molecule has 1 saturated heterocycles. The van der Waals surface area contributed by atoms with Crippen LogP contribution >= 0.6 is 23.5 Å². The molecule has 1 aromatic rings. The Morgan fingerprint density at radius 1 is 1.32 bits per heavy atom. The van der Waals surface area contributed by atoms with E-state index in [9.17, 15) is 32.9 Å². The van der Waals surface area contributed by atoms with Crippen molar-refractivity contribution in [1.29, 1.82) is 0 Å². The van der Waals surface area contributed by atoms with Gasteiger partial charge in [-0.15, -0.1) is 0 Å². The Morgan fingerprint density at radius 2 is 1.94 bits per heavy atom. The molecule has 34 heavy (non-hydrogen) atoms. The third-order valence-electron chi connectivity index (χ3n) is 4.08. The summed E-state index contributed by atoms with van der Waals surface area (Å²) in [5, 5.41) is 13.6. The lowest BCUT2D eigenvalue weighted by atomic mass is 9.93. The first-order chi connectivity index (χ1) is 15.4. The summed E-state index contributed by atoms with van der Waals surface area (Å²) in [6.45, 7) is -3.77. The minimum atomic E-state index is -5.91. The van der Waals surface area contributed by atoms with Crippen molar-refractivity contribution in [3.63, 3.8) is 0 Å². The van der Waals surface area contributed by atoms with Crippen LogP contribution in [0.1, 0.15) is 0 Å². The van der Waals surface area contributed by atoms with Gasteiger partial charge in [-0.3, -0.25) is 9.09 Å². The minimum absolute atomic E-state index is 0.0496. The molecule has 0 amide bonds. The summed E-state index contributed by atoms with van der Waals surface area (Å²) >= 11 is 0. The average molecular weight is 558 g/mol. The average Bonchev–Trinajstić information content (AvgIpc) is 2.91. The van der Waals surface area contributed by atoms with Crippen LogP contribution in [-0.4, -0.2) is 65.7 Å². The number of anilines is 1. The summed E-state index contributed by atoms with van der Waals surface area (Å²) in [5.41, 5.74) is 9.56. The van der Waals surface area contributed by atoms with Gasteiger partial charge >= 0.3 is 29.2 Å². The van der Waals surface area contributed by atoms with Gasteiger partial charge in [-0.05, 0) is 5.53 Å². The molecule has 192 valence electrons. The molecule has 1 fully saturated rings. The smallest absolute Gasteiger partial charge is 0.385 e. The number of alkyl halides is 1. The molecule has 0 saturated carbocycles. The Labute approximate surface area is 185 Å². The van der Waals surface area contributed by atoms with Crippen molar-refractivity contribution >= 4 is 29.3 Å². The van der Waals surface area contributed by atoms with Crippen LogP contribution in [0.25, 0.3) is 10.4 Å². The number of ether oxygens (including phenoxy) is 1. The second kappa shape index (κ2) is 9.67. The summed E-state index contributed by atoms with van der Waals surface area (Å²) in [7, 11) is -17.4. The minimum Gasteiger partial charge on any atom is -0.385 e. The van der Waals surface area contributed by atoms with Crippen LogP contribution in [0.15, 0.2) is 16.1 Å². The quantitative estimate of drug-likeness (QED) is 0.0901. The van der Waals surface area contributed by atoms with Crippen molar-refractivity contribution in [2.75, 3.05) is 25.5 Å². The number of aromatic nitrogens is 2. The highest BCUT2D eigenvalue weighted by molar-refractivity contribution is 7.66. The van der Waals surface area contributed by atoms with Crippen LogP contribution in [0.5, 0.6) is 0 Å². The number of aliphatic hydroxyl groups excluding tert-OH is 1. The normalized spacial score (nSPS) is 28.6. The van der Waals surface area contributed by atoms with E-state index in [2.05, 4.69) is 28.2 Å². The van der Waals surface area contributed by atoms with Crippen molar-refractivity contribution in [2.45, 2.75) is 17.5 Å². The Hall–Kier alpha value is -1.82. The van der Waals surface area contributed by atoms with Gasteiger partial charge in [0.15, 0.2) is 11.6 Å². The first kappa shape index (κ1) is 28.4. The lowest BCUT2D eigenvalue weighted by Gasteiger charge is -2.33. The standard InChI is InChI=1S/C10H15F2N6O13P3/c11-5-1-18(8(20)16-6(5)13)10(12)4-28-9(7(10)19,2-15-17-14)3-29-33(24,25)31-34(26,27)30-32(21,22)23/h1,7,19H,2-4H2,(H,24,25)(H,26,27)(H2,13,16,20)(H2,21,22,23)/t7-,9-,10+/m1/s1. The molecule has 0 spiro atoms. The number of nitrogen functional groups attached to an aromatic ring is 1. The zero-order valence-corrected chi connectivity index (χ0v) is 18.9. The third kappa shape index (κ3) is 6.44. The van der Waals surface area contributed by atoms with Crippen LogP contribution in [0.4, 0.5) is 14.6 Å². The molecule has 0 radical (unpaired) electrons. The molecule has 0 aliphatic carbocycles. The number of rotatable bonds is 10. The van der Waals surface area contributed by atoms with E-state index in [-0.39, 0.29) is 10.8 Å². The number of nitrogens with two attached hydrogens (primary N) is 1. The summed E-state index contributed by atoms with van der Waals surface area (Å²) < 4.78 is 79.7. The van der Waals surface area contributed by atoms with E-state index in [4.69, 9.17) is 30.7 Å². The van der Waals surface area contributed by atoms with Gasteiger partial charge in [-0.2, -0.15) is 13.6 Å². The molecule has 2 heterocycles. The number of phosphoric acid groups is 3. The maximum atomic E-state index is 15.6. The molecule has 2 unspecified atom stereocenters. The fraction of sp³-hybridized carbons (Fsp3) is 0.600. The molecule has 0 bridgehead atoms. The third-order valence-corrected chi connectivity index (χ3v) is 7.86. The number of hydrogen-bond donors (Lipinski definition) is 6. The van der Waals surface area contributed by atoms with Gasteiger partial charge in [0.1, 0.15) is 18.3 Å². The molecule has 1 aromatic heterocycles. The van der Waals surface area contributed by atoms with Crippen molar-refractivity contribution < 1.29 is 65.0 Å². The van der Waals surface area contributed by atoms with E-state index in [0.717, 1.165) is 0 Å². The predicted molar refractivity (Wildman–Crippen MR) is 100 cm³/mol. The molecule has 7 N–H and O–H groups in total. The van der Waals surface area contributed by atoms with Crippen molar-refractivity contribution in [3.8, 4) is 0 Å². The van der Waals surface area contributed by atoms with Gasteiger partial charge in [0.05, 0.1) is 19.3 Å². The summed E-state index contributed by atoms with van der Waals surface area (Å²) in [6.07, 6.45) is -2.37. The van der Waals surface area contributed by atoms with E-state index in [1.165, 1.54) is 0 Å². The zero-order valence-electron chi connectivity index (χ0n) is 16.2. The summed E-state index contributed by atoms with van der Waals surface area (Å²) in [6, 6.07) is 0. The van der Waals surface area contributed by atoms with Gasteiger partial charge < -0.3 is 35.2 Å². The topological polar surface area (TPSA) is 299 Å². The Kier molecular flexibility index (Phi) is 8.09. The lowest BCUT2D eigenvalue weighted by molar-refractivity contribution is -0.0996. The fourth-order valence-electron chi connectivity index (χ4n) is 2.66. The van der Waals surface area contributed by atoms with Crippen molar-refractivity contribution in [1.82, 2.24) is 9.55 Å². The maximum absolute atomic E-state index is 15.6. The zero-order chi connectivity index (χ0) is 26.2. The van der Waals surface area contributed by atoms with Crippen molar-refractivity contribution in [2.24, 2.45) is 5.11 Å². The predicted octanol–water partition coefficient (Wildman–Crippen LogP) is -0.630. The van der Waals surface area contributed by atoms with Gasteiger partial charge in [0.2, 0.25) is 5.79 Å². The van der Waals surface area contributed by atoms with E-state index in [0.29, 0.717) is 0 Å². The number of hydrogen-bond acceptors (Lipinski definition) is 12. The highest BCUT2D eigenvalue weighted by Crippen LogP contribution is 2.66. The number of nitrogens with zero attached hydrogens (tertiary/aromatic N) is 5. The first-order valence-electron chi connectivity index (χ1n) is 8.22. The van der Waals surface area contributed by atoms with Crippen LogP contribution in [0.3, 0.4) is 0 Å². The molecule has 0 aromatic carbocycles. The number of phosphoric ester groups is 1. The van der Waals surface area contributed by atoms with Gasteiger partial charge in [-0.25, -0.2) is 27.3 Å². The van der Waals surface area contributed by atoms with Crippen LogP contribution in [0.2, 0.25) is 0 Å². The Bertz CT molecular complexity index is 1200. The molecule has 24 heteroatoms. The second-order valence-corrected chi connectivity index (χ2v) is 10.9. The van der Waals surface area contributed by atoms with E-state index in [1.807, 2.05) is 0 Å². The van der Waals surface area contributed by atoms with Crippen LogP contribution in [-0.2, 0) is 37.4 Å². The monoisotopic (exact) mass is 558 g/mol. The Balaban J connectivity index is 2.35. The second-order valence-electron chi connectivity index (χ2n) is 6.45. The van der Waals surface area contributed by atoms with Crippen molar-refractivity contribution in [3.05, 3.63) is 32.9 Å². The lowest BCUT2D eigenvalue weighted by Crippen LogP contribution is -2.55. The van der Waals surface area contributed by atoms with Crippen LogP contribution < -0.4 is 11.4 Å². The highest BCUT2D eigenvalue weighted by Gasteiger charge is 2.61. The molecular formula is C10H15F2N6O13P3. The fourth-order valence-corrected chi connectivity index (χ4v) is 5.74. The molecule has 2 rings (SSSR count). The first-order valence-corrected chi connectivity index (χ1v) is 12.7. The van der Waals surface area contributed by atoms with Gasteiger partial charge in [0, 0.05) is 4.91 Å².